The zero-order valence-electron chi connectivity index (χ0n) is 14.3. The maximum absolute atomic E-state index is 6.24. The molecule has 0 spiro atoms. The average molecular weight is 289 g/mol. The quantitative estimate of drug-likeness (QED) is 0.894. The largest absolute Gasteiger partial charge is 0.497 e. The van der Waals surface area contributed by atoms with Crippen LogP contribution in [0.4, 0.5) is 0 Å². The van der Waals surface area contributed by atoms with Crippen molar-refractivity contribution in [1.82, 2.24) is 5.32 Å². The number of hydrogen-bond acceptors (Lipinski definition) is 3. The monoisotopic (exact) mass is 289 g/mol. The Morgan fingerprint density at radius 2 is 1.90 bits per heavy atom. The van der Waals surface area contributed by atoms with Gasteiger partial charge >= 0.3 is 0 Å². The van der Waals surface area contributed by atoms with E-state index in [4.69, 9.17) is 9.15 Å². The van der Waals surface area contributed by atoms with Gasteiger partial charge in [-0.05, 0) is 30.5 Å². The lowest BCUT2D eigenvalue weighted by atomic mass is 9.85. The van der Waals surface area contributed by atoms with E-state index in [2.05, 4.69) is 52.1 Å². The first-order chi connectivity index (χ1) is 9.79. The van der Waals surface area contributed by atoms with Gasteiger partial charge in [0.2, 0.25) is 0 Å². The highest BCUT2D eigenvalue weighted by Gasteiger charge is 2.25. The molecule has 0 atom stereocenters. The molecule has 0 unspecified atom stereocenters. The van der Waals surface area contributed by atoms with E-state index in [1.807, 2.05) is 7.05 Å². The van der Waals surface area contributed by atoms with Gasteiger partial charge in [-0.25, -0.2) is 0 Å². The lowest BCUT2D eigenvalue weighted by Gasteiger charge is -2.20. The summed E-state index contributed by atoms with van der Waals surface area (Å²) in [6.07, 6.45) is 0. The normalized spacial score (nSPS) is 12.4. The van der Waals surface area contributed by atoms with E-state index in [-0.39, 0.29) is 5.41 Å². The first-order valence-corrected chi connectivity index (χ1v) is 7.58. The number of methoxy groups -OCH3 is 1. The fourth-order valence-electron chi connectivity index (χ4n) is 2.84. The van der Waals surface area contributed by atoms with Crippen LogP contribution in [0.25, 0.3) is 11.0 Å². The molecule has 2 aromatic rings. The van der Waals surface area contributed by atoms with E-state index in [1.165, 1.54) is 16.5 Å². The minimum absolute atomic E-state index is 0.00973. The number of furan rings is 1. The molecule has 0 aliphatic carbocycles. The lowest BCUT2D eigenvalue weighted by Crippen LogP contribution is -2.11. The van der Waals surface area contributed by atoms with Gasteiger partial charge in [0.1, 0.15) is 17.1 Å². The van der Waals surface area contributed by atoms with Crippen LogP contribution in [0.5, 0.6) is 5.75 Å². The second kappa shape index (κ2) is 5.72. The predicted molar refractivity (Wildman–Crippen MR) is 88.3 cm³/mol. The molecule has 0 fully saturated rings. The molecular formula is C18H27NO2. The summed E-state index contributed by atoms with van der Waals surface area (Å²) in [5.41, 5.74) is 3.48. The van der Waals surface area contributed by atoms with Crippen LogP contribution >= 0.6 is 0 Å². The number of hydrogen-bond donors (Lipinski definition) is 1. The van der Waals surface area contributed by atoms with Crippen LogP contribution in [-0.2, 0) is 12.0 Å². The number of benzene rings is 1. The molecule has 116 valence electrons. The molecule has 3 nitrogen and oxygen atoms in total. The van der Waals surface area contributed by atoms with Crippen LogP contribution in [0.1, 0.15) is 57.4 Å². The first-order valence-electron chi connectivity index (χ1n) is 7.58. The van der Waals surface area contributed by atoms with Crippen molar-refractivity contribution in [3.63, 3.8) is 0 Å². The van der Waals surface area contributed by atoms with Gasteiger partial charge in [-0.3, -0.25) is 0 Å². The molecule has 1 aromatic heterocycles. The molecule has 2 rings (SSSR count). The third kappa shape index (κ3) is 2.93. The third-order valence-electron chi connectivity index (χ3n) is 3.84. The molecule has 0 radical (unpaired) electrons. The Kier molecular flexibility index (Phi) is 4.33. The van der Waals surface area contributed by atoms with Gasteiger partial charge in [-0.15, -0.1) is 0 Å². The first kappa shape index (κ1) is 15.9. The Labute approximate surface area is 127 Å². The minimum atomic E-state index is 0.00973. The summed E-state index contributed by atoms with van der Waals surface area (Å²) in [5, 5.41) is 4.38. The SMILES string of the molecule is CNCc1oc2c(C(C)(C)C)cc(OC)cc2c1C(C)C. The molecule has 0 saturated heterocycles. The zero-order valence-corrected chi connectivity index (χ0v) is 14.3. The summed E-state index contributed by atoms with van der Waals surface area (Å²) in [4.78, 5) is 0. The van der Waals surface area contributed by atoms with Crippen LogP contribution in [-0.4, -0.2) is 14.2 Å². The molecule has 21 heavy (non-hydrogen) atoms. The van der Waals surface area contributed by atoms with Gasteiger partial charge in [0.05, 0.1) is 13.7 Å². The summed E-state index contributed by atoms with van der Waals surface area (Å²) >= 11 is 0. The van der Waals surface area contributed by atoms with Crippen LogP contribution in [0.15, 0.2) is 16.5 Å². The topological polar surface area (TPSA) is 34.4 Å². The highest BCUT2D eigenvalue weighted by Crippen LogP contribution is 2.40. The highest BCUT2D eigenvalue weighted by atomic mass is 16.5. The Morgan fingerprint density at radius 1 is 1.24 bits per heavy atom. The van der Waals surface area contributed by atoms with Crippen molar-refractivity contribution in [1.29, 1.82) is 0 Å². The summed E-state index contributed by atoms with van der Waals surface area (Å²) in [6.45, 7) is 11.8. The van der Waals surface area contributed by atoms with Crippen LogP contribution < -0.4 is 10.1 Å². The molecule has 0 aliphatic heterocycles. The summed E-state index contributed by atoms with van der Waals surface area (Å²) in [7, 11) is 3.67. The molecule has 3 heteroatoms. The number of fused-ring (bicyclic) bond motifs is 1. The maximum Gasteiger partial charge on any atom is 0.138 e. The van der Waals surface area contributed by atoms with Crippen molar-refractivity contribution in [3.8, 4) is 5.75 Å². The number of rotatable bonds is 4. The van der Waals surface area contributed by atoms with E-state index in [0.29, 0.717) is 5.92 Å². The molecule has 1 N–H and O–H groups in total. The molecule has 0 amide bonds. The fourth-order valence-corrected chi connectivity index (χ4v) is 2.84. The Bertz CT molecular complexity index is 633. The van der Waals surface area contributed by atoms with Gasteiger partial charge in [0.15, 0.2) is 0 Å². The molecular weight excluding hydrogens is 262 g/mol. The molecule has 0 aliphatic rings. The smallest absolute Gasteiger partial charge is 0.138 e. The van der Waals surface area contributed by atoms with Crippen LogP contribution in [0, 0.1) is 0 Å². The third-order valence-corrected chi connectivity index (χ3v) is 3.84. The van der Waals surface area contributed by atoms with Crippen molar-refractivity contribution < 1.29 is 9.15 Å². The van der Waals surface area contributed by atoms with Gasteiger partial charge in [-0.2, -0.15) is 0 Å². The summed E-state index contributed by atoms with van der Waals surface area (Å²) in [6, 6.07) is 4.20. The van der Waals surface area contributed by atoms with Crippen LogP contribution in [0.3, 0.4) is 0 Å². The van der Waals surface area contributed by atoms with Crippen molar-refractivity contribution >= 4 is 11.0 Å². The molecule has 1 heterocycles. The Hall–Kier alpha value is -1.48. The van der Waals surface area contributed by atoms with Crippen molar-refractivity contribution in [2.45, 2.75) is 52.5 Å². The number of nitrogens with one attached hydrogen (secondary N) is 1. The van der Waals surface area contributed by atoms with E-state index < -0.39 is 0 Å². The predicted octanol–water partition coefficient (Wildman–Crippen LogP) is 4.58. The van der Waals surface area contributed by atoms with E-state index in [9.17, 15) is 0 Å². The van der Waals surface area contributed by atoms with E-state index >= 15 is 0 Å². The average Bonchev–Trinajstić information content (AvgIpc) is 2.74. The van der Waals surface area contributed by atoms with Gasteiger partial charge in [0, 0.05) is 16.5 Å². The van der Waals surface area contributed by atoms with Crippen molar-refractivity contribution in [3.05, 3.63) is 29.0 Å². The van der Waals surface area contributed by atoms with Gasteiger partial charge in [-0.1, -0.05) is 34.6 Å². The van der Waals surface area contributed by atoms with Crippen molar-refractivity contribution in [2.75, 3.05) is 14.2 Å². The highest BCUT2D eigenvalue weighted by molar-refractivity contribution is 5.88. The molecule has 0 saturated carbocycles. The molecule has 0 bridgehead atoms. The van der Waals surface area contributed by atoms with Gasteiger partial charge < -0.3 is 14.5 Å². The fraction of sp³-hybridized carbons (Fsp3) is 0.556. The summed E-state index contributed by atoms with van der Waals surface area (Å²) < 4.78 is 11.7. The van der Waals surface area contributed by atoms with Crippen molar-refractivity contribution in [2.24, 2.45) is 0 Å². The van der Waals surface area contributed by atoms with E-state index in [0.717, 1.165) is 23.6 Å². The zero-order chi connectivity index (χ0) is 15.8. The second-order valence-corrected chi connectivity index (χ2v) is 6.93. The Morgan fingerprint density at radius 3 is 2.38 bits per heavy atom. The van der Waals surface area contributed by atoms with Crippen LogP contribution in [0.2, 0.25) is 0 Å². The number of ether oxygens (including phenoxy) is 1. The van der Waals surface area contributed by atoms with E-state index in [1.54, 1.807) is 7.11 Å². The lowest BCUT2D eigenvalue weighted by molar-refractivity contribution is 0.413. The standard InChI is InChI=1S/C18H27NO2/c1-11(2)16-13-8-12(20-7)9-14(18(3,4)5)17(13)21-15(16)10-19-6/h8-9,11,19H,10H2,1-7H3. The summed E-state index contributed by atoms with van der Waals surface area (Å²) in [5.74, 6) is 2.34. The van der Waals surface area contributed by atoms with Gasteiger partial charge in [0.25, 0.3) is 0 Å². The maximum atomic E-state index is 6.24. The molecule has 1 aromatic carbocycles. The minimum Gasteiger partial charge on any atom is -0.497 e. The second-order valence-electron chi connectivity index (χ2n) is 6.93. The Balaban J connectivity index is 2.84.